The molecule has 0 fully saturated rings. The quantitative estimate of drug-likeness (QED) is 0.531. The zero-order chi connectivity index (χ0) is 10.0. The molecule has 0 atom stereocenters. The second-order valence-electron chi connectivity index (χ2n) is 2.35. The van der Waals surface area contributed by atoms with E-state index in [1.54, 1.807) is 0 Å². The molecule has 0 aromatic carbocycles. The highest BCUT2D eigenvalue weighted by Crippen LogP contribution is 1.93. The first kappa shape index (κ1) is 14.5. The largest absolute Gasteiger partial charge is 0.236 e. The molecule has 0 radical (unpaired) electrons. The predicted octanol–water partition coefficient (Wildman–Crippen LogP) is 2.94. The number of hydrogen-bond donors (Lipinski definition) is 0. The van der Waals surface area contributed by atoms with E-state index in [2.05, 4.69) is 20.4 Å². The van der Waals surface area contributed by atoms with Crippen LogP contribution < -0.4 is 0 Å². The second-order valence-corrected chi connectivity index (χ2v) is 5.17. The summed E-state index contributed by atoms with van der Waals surface area (Å²) in [5.74, 6) is -0.158. The van der Waals surface area contributed by atoms with Crippen molar-refractivity contribution in [3.05, 3.63) is 12.7 Å². The van der Waals surface area contributed by atoms with Gasteiger partial charge in [0.2, 0.25) is 9.05 Å². The number of unbranched alkanes of at least 4 members (excludes halogenated alkanes) is 2. The molecular formula is C8H17ClO2S. The highest BCUT2D eigenvalue weighted by atomic mass is 35.7. The van der Waals surface area contributed by atoms with E-state index in [0.29, 0.717) is 0 Å². The topological polar surface area (TPSA) is 34.1 Å². The molecule has 74 valence electrons. The summed E-state index contributed by atoms with van der Waals surface area (Å²) in [7, 11) is 1.41. The van der Waals surface area contributed by atoms with E-state index in [1.165, 1.54) is 25.3 Å². The average molecular weight is 213 g/mol. The molecule has 2 nitrogen and oxygen atoms in total. The fourth-order valence-electron chi connectivity index (χ4n) is 0.494. The zero-order valence-corrected chi connectivity index (χ0v) is 9.29. The van der Waals surface area contributed by atoms with Crippen LogP contribution in [0.25, 0.3) is 0 Å². The van der Waals surface area contributed by atoms with Crippen LogP contribution in [0.3, 0.4) is 0 Å². The van der Waals surface area contributed by atoms with Crippen LogP contribution >= 0.6 is 10.7 Å². The van der Waals surface area contributed by atoms with E-state index < -0.39 is 9.05 Å². The van der Waals surface area contributed by atoms with E-state index in [4.69, 9.17) is 10.7 Å². The SMILES string of the molecule is C=CCS(=O)(=O)Cl.CCCCC. The third kappa shape index (κ3) is 22.5. The molecule has 0 unspecified atom stereocenters. The van der Waals surface area contributed by atoms with Crippen LogP contribution in [0.5, 0.6) is 0 Å². The van der Waals surface area contributed by atoms with Gasteiger partial charge in [-0.2, -0.15) is 0 Å². The monoisotopic (exact) mass is 212 g/mol. The standard InChI is InChI=1S/C5H12.C3H5ClO2S/c1-3-5-4-2;1-2-3-7(4,5)6/h3-5H2,1-2H3;2H,1,3H2. The van der Waals surface area contributed by atoms with Gasteiger partial charge in [0.15, 0.2) is 0 Å². The summed E-state index contributed by atoms with van der Waals surface area (Å²) >= 11 is 0. The molecule has 0 spiro atoms. The van der Waals surface area contributed by atoms with Crippen LogP contribution in [-0.2, 0) is 9.05 Å². The van der Waals surface area contributed by atoms with Gasteiger partial charge < -0.3 is 0 Å². The van der Waals surface area contributed by atoms with E-state index in [0.717, 1.165) is 0 Å². The molecule has 0 heterocycles. The Morgan fingerprint density at radius 1 is 1.33 bits per heavy atom. The van der Waals surface area contributed by atoms with Crippen molar-refractivity contribution in [3.8, 4) is 0 Å². The van der Waals surface area contributed by atoms with Crippen molar-refractivity contribution in [2.24, 2.45) is 0 Å². The Bertz CT molecular complexity index is 183. The van der Waals surface area contributed by atoms with Gasteiger partial charge in [-0.3, -0.25) is 0 Å². The normalized spacial score (nSPS) is 9.92. The average Bonchev–Trinajstić information content (AvgIpc) is 1.87. The van der Waals surface area contributed by atoms with Crippen LogP contribution in [0.15, 0.2) is 12.7 Å². The van der Waals surface area contributed by atoms with E-state index in [-0.39, 0.29) is 5.75 Å². The highest BCUT2D eigenvalue weighted by Gasteiger charge is 1.97. The lowest BCUT2D eigenvalue weighted by molar-refractivity contribution is 0.612. The third-order valence-corrected chi connectivity index (χ3v) is 2.04. The molecule has 0 aromatic rings. The first-order valence-corrected chi connectivity index (χ1v) is 6.49. The van der Waals surface area contributed by atoms with E-state index in [9.17, 15) is 8.42 Å². The van der Waals surface area contributed by atoms with Crippen molar-refractivity contribution in [1.29, 1.82) is 0 Å². The van der Waals surface area contributed by atoms with Crippen molar-refractivity contribution >= 4 is 19.7 Å². The second kappa shape index (κ2) is 9.07. The Hall–Kier alpha value is -0.0200. The summed E-state index contributed by atoms with van der Waals surface area (Å²) in [6.07, 6.45) is 5.31. The molecule has 0 saturated heterocycles. The molecule has 0 amide bonds. The minimum Gasteiger partial charge on any atom is -0.212 e. The van der Waals surface area contributed by atoms with Gasteiger partial charge in [0.05, 0.1) is 5.75 Å². The molecule has 0 N–H and O–H groups in total. The maximum atomic E-state index is 9.93. The Morgan fingerprint density at radius 3 is 1.75 bits per heavy atom. The number of hydrogen-bond acceptors (Lipinski definition) is 2. The fraction of sp³-hybridized carbons (Fsp3) is 0.750. The number of rotatable bonds is 4. The molecule has 0 aromatic heterocycles. The molecule has 0 aliphatic rings. The molecule has 0 bridgehead atoms. The molecule has 0 saturated carbocycles. The summed E-state index contributed by atoms with van der Waals surface area (Å²) in [5, 5.41) is 0. The zero-order valence-electron chi connectivity index (χ0n) is 7.72. The van der Waals surface area contributed by atoms with Gasteiger partial charge in [-0.05, 0) is 0 Å². The van der Waals surface area contributed by atoms with Gasteiger partial charge in [0.25, 0.3) is 0 Å². The number of halogens is 1. The predicted molar refractivity (Wildman–Crippen MR) is 55.0 cm³/mol. The molecular weight excluding hydrogens is 196 g/mol. The minimum absolute atomic E-state index is 0.158. The van der Waals surface area contributed by atoms with Crippen LogP contribution in [-0.4, -0.2) is 14.2 Å². The molecule has 0 aliphatic heterocycles. The third-order valence-electron chi connectivity index (χ3n) is 1.02. The van der Waals surface area contributed by atoms with Crippen molar-refractivity contribution in [2.75, 3.05) is 5.75 Å². The van der Waals surface area contributed by atoms with Gasteiger partial charge >= 0.3 is 0 Å². The molecule has 0 aliphatic carbocycles. The Labute approximate surface area is 80.0 Å². The smallest absolute Gasteiger partial charge is 0.212 e. The van der Waals surface area contributed by atoms with Crippen LogP contribution in [0, 0.1) is 0 Å². The van der Waals surface area contributed by atoms with Crippen LogP contribution in [0.4, 0.5) is 0 Å². The Morgan fingerprint density at radius 2 is 1.75 bits per heavy atom. The minimum atomic E-state index is -3.32. The first-order valence-electron chi connectivity index (χ1n) is 4.01. The van der Waals surface area contributed by atoms with Gasteiger partial charge in [0.1, 0.15) is 0 Å². The highest BCUT2D eigenvalue weighted by molar-refractivity contribution is 8.13. The lowest BCUT2D eigenvalue weighted by Crippen LogP contribution is -1.90. The fourth-order valence-corrected chi connectivity index (χ4v) is 1.04. The summed E-state index contributed by atoms with van der Waals surface area (Å²) in [5.41, 5.74) is 0. The summed E-state index contributed by atoms with van der Waals surface area (Å²) < 4.78 is 19.9. The summed E-state index contributed by atoms with van der Waals surface area (Å²) in [6.45, 7) is 7.61. The lowest BCUT2D eigenvalue weighted by atomic mass is 10.3. The van der Waals surface area contributed by atoms with Gasteiger partial charge in [-0.1, -0.05) is 39.2 Å². The van der Waals surface area contributed by atoms with Crippen molar-refractivity contribution in [1.82, 2.24) is 0 Å². The van der Waals surface area contributed by atoms with Crippen LogP contribution in [0.1, 0.15) is 33.1 Å². The van der Waals surface area contributed by atoms with E-state index >= 15 is 0 Å². The lowest BCUT2D eigenvalue weighted by Gasteiger charge is -1.79. The summed E-state index contributed by atoms with van der Waals surface area (Å²) in [4.78, 5) is 0. The van der Waals surface area contributed by atoms with E-state index in [1.807, 2.05) is 0 Å². The summed E-state index contributed by atoms with van der Waals surface area (Å²) in [6, 6.07) is 0. The molecule has 12 heavy (non-hydrogen) atoms. The van der Waals surface area contributed by atoms with Gasteiger partial charge in [0, 0.05) is 10.7 Å². The first-order chi connectivity index (χ1) is 5.47. The van der Waals surface area contributed by atoms with Crippen molar-refractivity contribution < 1.29 is 8.42 Å². The Balaban J connectivity index is 0. The maximum absolute atomic E-state index is 9.93. The van der Waals surface area contributed by atoms with Gasteiger partial charge in [-0.15, -0.1) is 6.58 Å². The van der Waals surface area contributed by atoms with Gasteiger partial charge in [-0.25, -0.2) is 8.42 Å². The Kier molecular flexibility index (Phi) is 11.0. The molecule has 4 heteroatoms. The molecule has 0 rings (SSSR count). The maximum Gasteiger partial charge on any atom is 0.236 e. The van der Waals surface area contributed by atoms with Crippen LogP contribution in [0.2, 0.25) is 0 Å². The van der Waals surface area contributed by atoms with Crippen molar-refractivity contribution in [3.63, 3.8) is 0 Å². The van der Waals surface area contributed by atoms with Crippen molar-refractivity contribution in [2.45, 2.75) is 33.1 Å².